The quantitative estimate of drug-likeness (QED) is 0.332. The Bertz CT molecular complexity index is 1540. The van der Waals surface area contributed by atoms with E-state index >= 15 is 0 Å². The van der Waals surface area contributed by atoms with E-state index in [2.05, 4.69) is 15.6 Å². The number of likely N-dealkylation sites (N-methyl/N-ethyl adjacent to an activating group) is 1. The molecule has 14 heteroatoms. The molecule has 3 atom stereocenters. The third-order valence-electron chi connectivity index (χ3n) is 7.32. The molecule has 3 N–H and O–H groups in total. The summed E-state index contributed by atoms with van der Waals surface area (Å²) in [6.07, 6.45) is 2.14. The summed E-state index contributed by atoms with van der Waals surface area (Å²) in [4.78, 5) is 31.7. The normalized spacial score (nSPS) is 18.1. The second-order valence-electron chi connectivity index (χ2n) is 10.7. The first-order valence-corrected chi connectivity index (χ1v) is 15.2. The lowest BCUT2D eigenvalue weighted by atomic mass is 10.0. The van der Waals surface area contributed by atoms with Crippen molar-refractivity contribution in [3.05, 3.63) is 60.6 Å². The molecule has 1 aliphatic heterocycles. The molecule has 0 spiro atoms. The number of benzene rings is 2. The van der Waals surface area contributed by atoms with Gasteiger partial charge < -0.3 is 34.7 Å². The number of nitrogens with zero attached hydrogens (tertiary/aromatic N) is 4. The highest BCUT2D eigenvalue weighted by molar-refractivity contribution is 7.89. The minimum Gasteiger partial charge on any atom is -0.497 e. The number of methoxy groups -OCH3 is 1. The Morgan fingerprint density at radius 2 is 1.88 bits per heavy atom. The summed E-state index contributed by atoms with van der Waals surface area (Å²) < 4.78 is 40.7. The molecule has 0 aliphatic carbocycles. The van der Waals surface area contributed by atoms with Crippen molar-refractivity contribution in [1.29, 1.82) is 0 Å². The molecule has 2 aromatic carbocycles. The SMILES string of the molecule is COc1ccc(NC(=O)Nc2ccc3c(c2)CC(=O)N([C@H](C)CO)C[C@@H](C)[C@H](CN(C)S(=O)(=O)c2cn(C)cn2)O3)cc1. The van der Waals surface area contributed by atoms with E-state index in [1.54, 1.807) is 73.0 Å². The summed E-state index contributed by atoms with van der Waals surface area (Å²) >= 11 is 0. The van der Waals surface area contributed by atoms with Gasteiger partial charge in [0.1, 0.15) is 17.6 Å². The lowest BCUT2D eigenvalue weighted by molar-refractivity contribution is -0.134. The number of amides is 3. The number of aromatic nitrogens is 2. The van der Waals surface area contributed by atoms with Gasteiger partial charge in [0.25, 0.3) is 10.0 Å². The van der Waals surface area contributed by atoms with E-state index in [-0.39, 0.29) is 43.0 Å². The maximum Gasteiger partial charge on any atom is 0.323 e. The highest BCUT2D eigenvalue weighted by Crippen LogP contribution is 2.30. The van der Waals surface area contributed by atoms with Crippen LogP contribution in [0.2, 0.25) is 0 Å². The second kappa shape index (κ2) is 13.4. The number of carbonyl (C=O) groups is 2. The molecule has 0 unspecified atom stereocenters. The molecule has 0 saturated carbocycles. The third-order valence-corrected chi connectivity index (χ3v) is 9.02. The number of aryl methyl sites for hydroxylation is 1. The molecule has 0 radical (unpaired) electrons. The van der Waals surface area contributed by atoms with Crippen molar-refractivity contribution in [2.24, 2.45) is 13.0 Å². The number of fused-ring (bicyclic) bond motifs is 1. The van der Waals surface area contributed by atoms with Gasteiger partial charge >= 0.3 is 6.03 Å². The van der Waals surface area contributed by atoms with Gasteiger partial charge in [-0.1, -0.05) is 6.92 Å². The molecule has 3 aromatic rings. The number of aliphatic hydroxyl groups excluding tert-OH is 1. The lowest BCUT2D eigenvalue weighted by Gasteiger charge is -2.33. The van der Waals surface area contributed by atoms with Gasteiger partial charge in [-0.25, -0.2) is 18.2 Å². The highest BCUT2D eigenvalue weighted by atomic mass is 32.2. The molecule has 43 heavy (non-hydrogen) atoms. The van der Waals surface area contributed by atoms with Crippen molar-refractivity contribution < 1.29 is 32.6 Å². The van der Waals surface area contributed by atoms with E-state index in [4.69, 9.17) is 9.47 Å². The predicted molar refractivity (Wildman–Crippen MR) is 161 cm³/mol. The van der Waals surface area contributed by atoms with Crippen LogP contribution in [0.5, 0.6) is 11.5 Å². The standard InChI is InChI=1S/C29H38N6O7S/c1-19-14-35(20(2)17-36)28(37)13-21-12-23(32-29(38)31-22-6-9-24(41-5)10-7-22)8-11-25(21)42-26(19)15-34(4)43(39,40)27-16-33(3)18-30-27/h6-12,16,18-20,26,36H,13-15,17H2,1-5H3,(H2,31,32,38)/t19-,20-,26+/m1/s1. The van der Waals surface area contributed by atoms with Crippen LogP contribution in [-0.2, 0) is 28.3 Å². The smallest absolute Gasteiger partial charge is 0.323 e. The number of ether oxygens (including phenoxy) is 2. The second-order valence-corrected chi connectivity index (χ2v) is 12.7. The van der Waals surface area contributed by atoms with E-state index in [0.29, 0.717) is 28.4 Å². The van der Waals surface area contributed by atoms with Gasteiger partial charge in [0.15, 0.2) is 5.03 Å². The van der Waals surface area contributed by atoms with Crippen LogP contribution in [0, 0.1) is 5.92 Å². The zero-order valence-corrected chi connectivity index (χ0v) is 25.7. The zero-order valence-electron chi connectivity index (χ0n) is 24.9. The molecular weight excluding hydrogens is 576 g/mol. The largest absolute Gasteiger partial charge is 0.497 e. The first-order chi connectivity index (χ1) is 20.4. The fourth-order valence-electron chi connectivity index (χ4n) is 4.73. The van der Waals surface area contributed by atoms with Gasteiger partial charge in [0.2, 0.25) is 5.91 Å². The van der Waals surface area contributed by atoms with Crippen LogP contribution >= 0.6 is 0 Å². The van der Waals surface area contributed by atoms with Crippen LogP contribution < -0.4 is 20.1 Å². The van der Waals surface area contributed by atoms with Crippen molar-refractivity contribution in [3.63, 3.8) is 0 Å². The Balaban J connectivity index is 1.59. The summed E-state index contributed by atoms with van der Waals surface area (Å²) in [6, 6.07) is 10.9. The molecule has 1 aromatic heterocycles. The first-order valence-electron chi connectivity index (χ1n) is 13.8. The molecule has 0 bridgehead atoms. The molecule has 2 heterocycles. The van der Waals surface area contributed by atoms with Gasteiger partial charge in [0.05, 0.1) is 39.1 Å². The van der Waals surface area contributed by atoms with Crippen LogP contribution in [0.1, 0.15) is 19.4 Å². The number of hydrogen-bond acceptors (Lipinski definition) is 8. The molecule has 0 fully saturated rings. The Hall–Kier alpha value is -4.14. The Kier molecular flexibility index (Phi) is 9.94. The summed E-state index contributed by atoms with van der Waals surface area (Å²) in [5.41, 5.74) is 1.51. The van der Waals surface area contributed by atoms with Crippen LogP contribution in [-0.4, -0.2) is 90.2 Å². The van der Waals surface area contributed by atoms with Crippen LogP contribution in [0.15, 0.2) is 60.0 Å². The van der Waals surface area contributed by atoms with Crippen molar-refractivity contribution in [3.8, 4) is 11.5 Å². The first kappa shape index (κ1) is 31.8. The number of carbonyl (C=O) groups excluding carboxylic acids is 2. The molecular formula is C29H38N6O7S. The average Bonchev–Trinajstić information content (AvgIpc) is 3.44. The predicted octanol–water partition coefficient (Wildman–Crippen LogP) is 2.54. The lowest BCUT2D eigenvalue weighted by Crippen LogP contribution is -2.48. The van der Waals surface area contributed by atoms with Gasteiger partial charge in [-0.2, -0.15) is 4.31 Å². The molecule has 4 rings (SSSR count). The number of hydrogen-bond donors (Lipinski definition) is 3. The molecule has 232 valence electrons. The number of anilines is 2. The van der Waals surface area contributed by atoms with E-state index in [9.17, 15) is 23.1 Å². The minimum absolute atomic E-state index is 0.0146. The molecule has 3 amide bonds. The fraction of sp³-hybridized carbons (Fsp3) is 0.414. The summed E-state index contributed by atoms with van der Waals surface area (Å²) in [6.45, 7) is 3.61. The Labute approximate surface area is 251 Å². The maximum absolute atomic E-state index is 13.5. The molecule has 0 saturated heterocycles. The van der Waals surface area contributed by atoms with Crippen molar-refractivity contribution in [2.75, 3.05) is 44.5 Å². The average molecular weight is 615 g/mol. The van der Waals surface area contributed by atoms with E-state index < -0.39 is 28.2 Å². The number of sulfonamides is 1. The Morgan fingerprint density at radius 3 is 2.51 bits per heavy atom. The summed E-state index contributed by atoms with van der Waals surface area (Å²) in [5, 5.41) is 15.3. The monoisotopic (exact) mass is 614 g/mol. The van der Waals surface area contributed by atoms with Crippen LogP contribution in [0.3, 0.4) is 0 Å². The van der Waals surface area contributed by atoms with Crippen LogP contribution in [0.25, 0.3) is 0 Å². The highest BCUT2D eigenvalue weighted by Gasteiger charge is 2.34. The number of urea groups is 1. The number of aliphatic hydroxyl groups is 1. The van der Waals surface area contributed by atoms with Crippen molar-refractivity contribution in [2.45, 2.75) is 37.4 Å². The third kappa shape index (κ3) is 7.63. The van der Waals surface area contributed by atoms with Gasteiger partial charge in [-0.3, -0.25) is 4.79 Å². The molecule has 13 nitrogen and oxygen atoms in total. The van der Waals surface area contributed by atoms with E-state index in [1.165, 1.54) is 23.9 Å². The van der Waals surface area contributed by atoms with Crippen LogP contribution in [0.4, 0.5) is 16.2 Å². The number of nitrogens with one attached hydrogen (secondary N) is 2. The topological polar surface area (TPSA) is 155 Å². The summed E-state index contributed by atoms with van der Waals surface area (Å²) in [5.74, 6) is 0.519. The van der Waals surface area contributed by atoms with Gasteiger partial charge in [-0.15, -0.1) is 0 Å². The zero-order chi connectivity index (χ0) is 31.3. The molecule has 1 aliphatic rings. The van der Waals surface area contributed by atoms with Gasteiger partial charge in [0, 0.05) is 49.7 Å². The fourth-order valence-corrected chi connectivity index (χ4v) is 5.87. The van der Waals surface area contributed by atoms with E-state index in [1.807, 2.05) is 6.92 Å². The Morgan fingerprint density at radius 1 is 1.21 bits per heavy atom. The minimum atomic E-state index is -3.90. The van der Waals surface area contributed by atoms with E-state index in [0.717, 1.165) is 0 Å². The van der Waals surface area contributed by atoms with Crippen molar-refractivity contribution >= 4 is 33.3 Å². The summed E-state index contributed by atoms with van der Waals surface area (Å²) in [7, 11) is 0.798. The number of imidazole rings is 1. The van der Waals surface area contributed by atoms with Gasteiger partial charge in [-0.05, 0) is 49.4 Å². The number of rotatable bonds is 9. The van der Waals surface area contributed by atoms with Crippen molar-refractivity contribution in [1.82, 2.24) is 18.8 Å². The maximum atomic E-state index is 13.5.